The van der Waals surface area contributed by atoms with Crippen LogP contribution in [-0.4, -0.2) is 27.2 Å². The molecule has 1 N–H and O–H groups in total. The van der Waals surface area contributed by atoms with Crippen LogP contribution in [0.4, 0.5) is 0 Å². The number of carbonyl (C=O) groups is 1. The predicted molar refractivity (Wildman–Crippen MR) is 50.4 cm³/mol. The Morgan fingerprint density at radius 2 is 2.36 bits per heavy atom. The number of aliphatic hydroxyl groups excluding tert-OH is 1. The van der Waals surface area contributed by atoms with Gasteiger partial charge in [-0.2, -0.15) is 0 Å². The smallest absolute Gasteiger partial charge is 0.339 e. The van der Waals surface area contributed by atoms with Crippen LogP contribution in [0.3, 0.4) is 0 Å². The molecule has 0 aliphatic heterocycles. The number of carbonyl (C=O) groups excluding carboxylic acids is 1. The predicted octanol–water partition coefficient (Wildman–Crippen LogP) is 1.19. The normalized spacial score (nSPS) is 12.1. The van der Waals surface area contributed by atoms with E-state index < -0.39 is 5.97 Å². The molecule has 0 fully saturated rings. The molecule has 0 aliphatic carbocycles. The van der Waals surface area contributed by atoms with E-state index in [0.29, 0.717) is 0 Å². The van der Waals surface area contributed by atoms with Gasteiger partial charge < -0.3 is 9.84 Å². The van der Waals surface area contributed by atoms with Crippen molar-refractivity contribution in [3.05, 3.63) is 24.3 Å². The number of hydrogen-bond acceptors (Lipinski definition) is 4. The van der Waals surface area contributed by atoms with Crippen LogP contribution in [0.5, 0.6) is 0 Å². The molecule has 0 aromatic carbocycles. The Morgan fingerprint density at radius 3 is 2.86 bits per heavy atom. The Hall–Kier alpha value is -1.78. The summed E-state index contributed by atoms with van der Waals surface area (Å²) in [6.45, 7) is 3.49. The summed E-state index contributed by atoms with van der Waals surface area (Å²) in [6, 6.07) is 0. The Labute approximate surface area is 81.6 Å². The lowest BCUT2D eigenvalue weighted by atomic mass is 10.3. The molecule has 76 valence electrons. The molecule has 0 spiro atoms. The Balaban J connectivity index is 2.88. The van der Waals surface area contributed by atoms with E-state index in [4.69, 9.17) is 4.74 Å². The maximum Gasteiger partial charge on any atom is 0.339 e. The molecule has 0 radical (unpaired) electrons. The van der Waals surface area contributed by atoms with E-state index >= 15 is 0 Å². The molecule has 5 heteroatoms. The van der Waals surface area contributed by atoms with Crippen LogP contribution in [0.25, 0.3) is 5.88 Å². The minimum Gasteiger partial charge on any atom is -0.494 e. The third-order valence-corrected chi connectivity index (χ3v) is 1.67. The number of ether oxygens (including phenoxy) is 1. The molecule has 1 aromatic heterocycles. The lowest BCUT2D eigenvalue weighted by Gasteiger charge is -2.05. The van der Waals surface area contributed by atoms with Gasteiger partial charge in [0.1, 0.15) is 6.33 Å². The number of aliphatic hydroxyl groups is 1. The fourth-order valence-electron chi connectivity index (χ4n) is 0.909. The van der Waals surface area contributed by atoms with Gasteiger partial charge in [0.25, 0.3) is 0 Å². The van der Waals surface area contributed by atoms with Crippen molar-refractivity contribution < 1.29 is 14.6 Å². The second-order valence-corrected chi connectivity index (χ2v) is 2.64. The van der Waals surface area contributed by atoms with Crippen molar-refractivity contribution in [1.82, 2.24) is 9.55 Å². The van der Waals surface area contributed by atoms with Gasteiger partial charge in [0.15, 0.2) is 0 Å². The highest BCUT2D eigenvalue weighted by Gasteiger charge is 2.11. The molecule has 0 saturated carbocycles. The number of nitrogens with zero attached hydrogens (tertiary/aromatic N) is 2. The molecule has 1 rings (SSSR count). The van der Waals surface area contributed by atoms with Crippen LogP contribution < -0.4 is 0 Å². The van der Waals surface area contributed by atoms with Gasteiger partial charge >= 0.3 is 5.97 Å². The quantitative estimate of drug-likeness (QED) is 0.448. The van der Waals surface area contributed by atoms with E-state index in [2.05, 4.69) is 4.98 Å². The molecule has 0 aliphatic rings. The SMILES string of the molecule is CCOC(=O)/C(C)=C(/O)n1ccnc1. The average molecular weight is 196 g/mol. The Morgan fingerprint density at radius 1 is 1.64 bits per heavy atom. The van der Waals surface area contributed by atoms with E-state index in [-0.39, 0.29) is 18.1 Å². The van der Waals surface area contributed by atoms with Crippen LogP contribution in [0.15, 0.2) is 24.3 Å². The maximum atomic E-state index is 11.2. The molecular formula is C9H12N2O3. The van der Waals surface area contributed by atoms with Crippen LogP contribution in [0.1, 0.15) is 13.8 Å². The van der Waals surface area contributed by atoms with Gasteiger partial charge in [0, 0.05) is 12.4 Å². The zero-order valence-corrected chi connectivity index (χ0v) is 8.10. The minimum absolute atomic E-state index is 0.157. The summed E-state index contributed by atoms with van der Waals surface area (Å²) >= 11 is 0. The first-order valence-corrected chi connectivity index (χ1v) is 4.22. The third kappa shape index (κ3) is 2.12. The molecule has 0 atom stereocenters. The van der Waals surface area contributed by atoms with Crippen molar-refractivity contribution in [2.75, 3.05) is 6.61 Å². The first-order valence-electron chi connectivity index (χ1n) is 4.22. The molecule has 1 heterocycles. The van der Waals surface area contributed by atoms with Gasteiger partial charge in [-0.1, -0.05) is 0 Å². The van der Waals surface area contributed by atoms with Crippen LogP contribution in [0.2, 0.25) is 0 Å². The summed E-state index contributed by atoms with van der Waals surface area (Å²) in [5.41, 5.74) is 0.157. The summed E-state index contributed by atoms with van der Waals surface area (Å²) in [5.74, 6) is -0.695. The highest BCUT2D eigenvalue weighted by Crippen LogP contribution is 2.08. The van der Waals surface area contributed by atoms with Crippen molar-refractivity contribution in [1.29, 1.82) is 0 Å². The monoisotopic (exact) mass is 196 g/mol. The Kier molecular flexibility index (Phi) is 3.28. The first-order chi connectivity index (χ1) is 6.66. The minimum atomic E-state index is -0.529. The van der Waals surface area contributed by atoms with E-state index in [9.17, 15) is 9.90 Å². The topological polar surface area (TPSA) is 64.3 Å². The zero-order valence-electron chi connectivity index (χ0n) is 8.10. The molecule has 5 nitrogen and oxygen atoms in total. The number of rotatable bonds is 3. The summed E-state index contributed by atoms with van der Waals surface area (Å²) < 4.78 is 6.07. The lowest BCUT2D eigenvalue weighted by Crippen LogP contribution is -2.09. The van der Waals surface area contributed by atoms with Crippen LogP contribution >= 0.6 is 0 Å². The van der Waals surface area contributed by atoms with Gasteiger partial charge in [-0.15, -0.1) is 0 Å². The number of esters is 1. The summed E-state index contributed by atoms with van der Waals surface area (Å²) in [7, 11) is 0. The Bertz CT molecular complexity index is 341. The first kappa shape index (κ1) is 10.3. The van der Waals surface area contributed by atoms with Crippen molar-refractivity contribution >= 4 is 11.9 Å². The van der Waals surface area contributed by atoms with Gasteiger partial charge in [-0.3, -0.25) is 4.57 Å². The largest absolute Gasteiger partial charge is 0.494 e. The fourth-order valence-corrected chi connectivity index (χ4v) is 0.909. The van der Waals surface area contributed by atoms with Gasteiger partial charge in [-0.05, 0) is 13.8 Å². The van der Waals surface area contributed by atoms with Crippen LogP contribution in [0, 0.1) is 0 Å². The lowest BCUT2D eigenvalue weighted by molar-refractivity contribution is -0.138. The zero-order chi connectivity index (χ0) is 10.6. The van der Waals surface area contributed by atoms with E-state index in [1.54, 1.807) is 6.92 Å². The highest BCUT2D eigenvalue weighted by molar-refractivity contribution is 5.92. The summed E-state index contributed by atoms with van der Waals surface area (Å²) in [4.78, 5) is 15.0. The summed E-state index contributed by atoms with van der Waals surface area (Å²) in [5, 5.41) is 9.58. The van der Waals surface area contributed by atoms with Gasteiger partial charge in [0.2, 0.25) is 5.88 Å². The second-order valence-electron chi connectivity index (χ2n) is 2.64. The highest BCUT2D eigenvalue weighted by atomic mass is 16.5. The van der Waals surface area contributed by atoms with E-state index in [1.807, 2.05) is 0 Å². The number of imidazole rings is 1. The van der Waals surface area contributed by atoms with Gasteiger partial charge in [-0.25, -0.2) is 9.78 Å². The molecule has 0 amide bonds. The molecule has 14 heavy (non-hydrogen) atoms. The number of aromatic nitrogens is 2. The molecule has 0 unspecified atom stereocenters. The third-order valence-electron chi connectivity index (χ3n) is 1.67. The summed E-state index contributed by atoms with van der Waals surface area (Å²) in [6.07, 6.45) is 4.45. The van der Waals surface area contributed by atoms with E-state index in [1.165, 1.54) is 30.2 Å². The van der Waals surface area contributed by atoms with Crippen LogP contribution in [-0.2, 0) is 9.53 Å². The van der Waals surface area contributed by atoms with Crippen molar-refractivity contribution in [2.45, 2.75) is 13.8 Å². The molecular weight excluding hydrogens is 184 g/mol. The maximum absolute atomic E-state index is 11.2. The fraction of sp³-hybridized carbons (Fsp3) is 0.333. The van der Waals surface area contributed by atoms with Crippen molar-refractivity contribution in [2.24, 2.45) is 0 Å². The van der Waals surface area contributed by atoms with Crippen molar-refractivity contribution in [3.8, 4) is 0 Å². The molecule has 0 saturated heterocycles. The van der Waals surface area contributed by atoms with Gasteiger partial charge in [0.05, 0.1) is 12.2 Å². The number of hydrogen-bond donors (Lipinski definition) is 1. The average Bonchev–Trinajstić information content (AvgIpc) is 2.68. The van der Waals surface area contributed by atoms with E-state index in [0.717, 1.165) is 0 Å². The standard InChI is InChI=1S/C9H12N2O3/c1-3-14-9(13)7(2)8(12)11-5-4-10-6-11/h4-6,12H,3H2,1-2H3/b8-7+. The molecule has 1 aromatic rings. The van der Waals surface area contributed by atoms with Crippen molar-refractivity contribution in [3.63, 3.8) is 0 Å². The second kappa shape index (κ2) is 4.45. The molecule has 0 bridgehead atoms.